The third-order valence-electron chi connectivity index (χ3n) is 4.59. The highest BCUT2D eigenvalue weighted by Crippen LogP contribution is 2.37. The number of benzene rings is 1. The fourth-order valence-electron chi connectivity index (χ4n) is 3.57. The lowest BCUT2D eigenvalue weighted by Crippen LogP contribution is -2.54. The van der Waals surface area contributed by atoms with Gasteiger partial charge in [0.2, 0.25) is 5.71 Å². The summed E-state index contributed by atoms with van der Waals surface area (Å²) in [6.07, 6.45) is 3.61. The lowest BCUT2D eigenvalue weighted by Gasteiger charge is -2.35. The van der Waals surface area contributed by atoms with Crippen molar-refractivity contribution < 1.29 is 15.1 Å². The molecule has 2 aliphatic rings. The molecule has 1 saturated heterocycles. The van der Waals surface area contributed by atoms with Crippen LogP contribution in [0.25, 0.3) is 0 Å². The van der Waals surface area contributed by atoms with Crippen molar-refractivity contribution in [1.82, 2.24) is 4.90 Å². The molecule has 1 aromatic carbocycles. The maximum absolute atomic E-state index is 11.3. The average molecular weight is 275 g/mol. The zero-order valence-corrected chi connectivity index (χ0v) is 12.0. The molecule has 1 fully saturated rings. The molecule has 2 unspecified atom stereocenters. The number of hydrogen-bond acceptors (Lipinski definition) is 3. The van der Waals surface area contributed by atoms with Gasteiger partial charge in [0.1, 0.15) is 0 Å². The van der Waals surface area contributed by atoms with Gasteiger partial charge in [-0.25, -0.2) is 4.90 Å². The number of hydroxylamine groups is 1. The molecule has 1 aromatic rings. The van der Waals surface area contributed by atoms with E-state index in [9.17, 15) is 10.3 Å². The van der Waals surface area contributed by atoms with Gasteiger partial charge in [0, 0.05) is 20.0 Å². The Morgan fingerprint density at radius 1 is 1.15 bits per heavy atom. The summed E-state index contributed by atoms with van der Waals surface area (Å²) in [4.78, 5) is 2.22. The second kappa shape index (κ2) is 5.19. The molecule has 0 spiro atoms. The van der Waals surface area contributed by atoms with E-state index in [1.165, 1.54) is 11.2 Å². The van der Waals surface area contributed by atoms with Gasteiger partial charge in [0.25, 0.3) is 6.17 Å². The summed E-state index contributed by atoms with van der Waals surface area (Å²) < 4.78 is 1.28. The number of hydrogen-bond donors (Lipinski definition) is 2. The van der Waals surface area contributed by atoms with Gasteiger partial charge in [-0.3, -0.25) is 5.21 Å². The van der Waals surface area contributed by atoms with Gasteiger partial charge in [-0.2, -0.15) is 0 Å². The minimum absolute atomic E-state index is 0.370. The Morgan fingerprint density at radius 3 is 2.45 bits per heavy atom. The molecule has 0 saturated carbocycles. The van der Waals surface area contributed by atoms with E-state index in [1.807, 2.05) is 37.3 Å². The number of nitrogens with zero attached hydrogens (tertiary/aromatic N) is 2. The summed E-state index contributed by atoms with van der Waals surface area (Å²) in [6.45, 7) is 3.76. The molecule has 2 heterocycles. The van der Waals surface area contributed by atoms with Gasteiger partial charge >= 0.3 is 0 Å². The van der Waals surface area contributed by atoms with Crippen molar-refractivity contribution in [2.75, 3.05) is 13.1 Å². The molecule has 2 N–H and O–H groups in total. The first kappa shape index (κ1) is 13.6. The van der Waals surface area contributed by atoms with Crippen molar-refractivity contribution in [3.8, 4) is 0 Å². The second-order valence-corrected chi connectivity index (χ2v) is 6.02. The van der Waals surface area contributed by atoms with E-state index in [0.29, 0.717) is 6.42 Å². The summed E-state index contributed by atoms with van der Waals surface area (Å²) in [5, 5.41) is 21.7. The van der Waals surface area contributed by atoms with E-state index >= 15 is 0 Å². The Labute approximate surface area is 119 Å². The van der Waals surface area contributed by atoms with E-state index in [1.54, 1.807) is 0 Å². The Hall–Kier alpha value is -1.39. The molecule has 0 aromatic heterocycles. The van der Waals surface area contributed by atoms with Crippen molar-refractivity contribution >= 4 is 5.71 Å². The maximum atomic E-state index is 11.3. The number of rotatable bonds is 2. The molecule has 2 aliphatic heterocycles. The lowest BCUT2D eigenvalue weighted by molar-refractivity contribution is -0.815. The van der Waals surface area contributed by atoms with Crippen LogP contribution in [0.1, 0.15) is 38.2 Å². The highest BCUT2D eigenvalue weighted by molar-refractivity contribution is 5.79. The lowest BCUT2D eigenvalue weighted by atomic mass is 9.87. The quantitative estimate of drug-likeness (QED) is 0.640. The predicted molar refractivity (Wildman–Crippen MR) is 76.9 cm³/mol. The number of piperidine rings is 1. The first-order chi connectivity index (χ1) is 9.63. The molecule has 20 heavy (non-hydrogen) atoms. The monoisotopic (exact) mass is 275 g/mol. The number of aliphatic hydroxyl groups is 1. The highest BCUT2D eigenvalue weighted by atomic mass is 16.5. The van der Waals surface area contributed by atoms with Gasteiger partial charge in [0.05, 0.1) is 6.42 Å². The van der Waals surface area contributed by atoms with Gasteiger partial charge in [-0.15, -0.1) is 0 Å². The molecule has 0 amide bonds. The predicted octanol–water partition coefficient (Wildman–Crippen LogP) is 1.95. The van der Waals surface area contributed by atoms with E-state index in [2.05, 4.69) is 4.90 Å². The van der Waals surface area contributed by atoms with Crippen molar-refractivity contribution in [2.45, 2.75) is 44.4 Å². The van der Waals surface area contributed by atoms with E-state index < -0.39 is 5.60 Å². The topological polar surface area (TPSA) is 46.7 Å². The fourth-order valence-corrected chi connectivity index (χ4v) is 3.57. The van der Waals surface area contributed by atoms with Crippen LogP contribution in [-0.4, -0.2) is 44.9 Å². The third kappa shape index (κ3) is 2.13. The zero-order chi connectivity index (χ0) is 14.2. The summed E-state index contributed by atoms with van der Waals surface area (Å²) in [5.41, 5.74) is 0.677. The summed E-state index contributed by atoms with van der Waals surface area (Å²) in [7, 11) is 0. The average Bonchev–Trinajstić information content (AvgIpc) is 2.72. The molecule has 0 aliphatic carbocycles. The first-order valence-corrected chi connectivity index (χ1v) is 7.45. The van der Waals surface area contributed by atoms with Crippen LogP contribution >= 0.6 is 0 Å². The largest absolute Gasteiger partial charge is 0.376 e. The maximum Gasteiger partial charge on any atom is 0.290 e. The van der Waals surface area contributed by atoms with E-state index in [4.69, 9.17) is 0 Å². The van der Waals surface area contributed by atoms with Crippen molar-refractivity contribution in [3.05, 3.63) is 35.9 Å². The van der Waals surface area contributed by atoms with Crippen molar-refractivity contribution in [1.29, 1.82) is 0 Å². The van der Waals surface area contributed by atoms with E-state index in [-0.39, 0.29) is 6.17 Å². The van der Waals surface area contributed by atoms with Gasteiger partial charge in [0.15, 0.2) is 5.60 Å². The van der Waals surface area contributed by atoms with Crippen LogP contribution in [0.2, 0.25) is 0 Å². The van der Waals surface area contributed by atoms with E-state index in [0.717, 1.165) is 37.2 Å². The van der Waals surface area contributed by atoms with Crippen molar-refractivity contribution in [2.24, 2.45) is 0 Å². The molecule has 4 heteroatoms. The van der Waals surface area contributed by atoms with Gasteiger partial charge in [-0.1, -0.05) is 36.8 Å². The highest BCUT2D eigenvalue weighted by Gasteiger charge is 2.57. The Morgan fingerprint density at radius 2 is 1.80 bits per heavy atom. The molecular weight excluding hydrogens is 252 g/mol. The summed E-state index contributed by atoms with van der Waals surface area (Å²) in [6, 6.07) is 9.73. The van der Waals surface area contributed by atoms with Crippen LogP contribution in [0.15, 0.2) is 30.3 Å². The van der Waals surface area contributed by atoms with Crippen LogP contribution in [0.5, 0.6) is 0 Å². The molecule has 4 nitrogen and oxygen atoms in total. The Kier molecular flexibility index (Phi) is 3.52. The Bertz CT molecular complexity index is 508. The smallest absolute Gasteiger partial charge is 0.290 e. The minimum Gasteiger partial charge on any atom is -0.376 e. The molecule has 3 rings (SSSR count). The van der Waals surface area contributed by atoms with Gasteiger partial charge < -0.3 is 5.11 Å². The van der Waals surface area contributed by atoms with Crippen LogP contribution in [0.4, 0.5) is 0 Å². The normalized spacial score (nSPS) is 31.8. The summed E-state index contributed by atoms with van der Waals surface area (Å²) in [5.74, 6) is 0. The number of likely N-dealkylation sites (tertiary alicyclic amines) is 1. The SMILES string of the molecule is CC1=[N+](O)C(N2CCCCC2)C(O)(c2ccccc2)C1. The zero-order valence-electron chi connectivity index (χ0n) is 12.0. The molecule has 2 atom stereocenters. The molecule has 0 bridgehead atoms. The van der Waals surface area contributed by atoms with Crippen molar-refractivity contribution in [3.63, 3.8) is 0 Å². The standard InChI is InChI=1S/C16H23N2O2/c1-13-12-16(19,14-8-4-2-5-9-14)15(18(13)20)17-10-6-3-7-11-17/h2,4-5,8-9,15,19-20H,3,6-7,10-12H2,1H3/q+1. The third-order valence-corrected chi connectivity index (χ3v) is 4.59. The Balaban J connectivity index is 1.97. The molecule has 0 radical (unpaired) electrons. The minimum atomic E-state index is -1.03. The van der Waals surface area contributed by atoms with Crippen LogP contribution in [0, 0.1) is 0 Å². The first-order valence-electron chi connectivity index (χ1n) is 7.45. The van der Waals surface area contributed by atoms with Crippen LogP contribution in [0.3, 0.4) is 0 Å². The molecular formula is C16H23N2O2+. The molecule has 108 valence electrons. The fraction of sp³-hybridized carbons (Fsp3) is 0.562. The van der Waals surface area contributed by atoms with Crippen LogP contribution < -0.4 is 0 Å². The summed E-state index contributed by atoms with van der Waals surface area (Å²) >= 11 is 0. The van der Waals surface area contributed by atoms with Gasteiger partial charge in [-0.05, 0) is 23.1 Å². The second-order valence-electron chi connectivity index (χ2n) is 6.02. The van der Waals surface area contributed by atoms with Crippen LogP contribution in [-0.2, 0) is 5.60 Å².